The molecule has 0 aliphatic carbocycles. The Morgan fingerprint density at radius 3 is 2.71 bits per heavy atom. The number of carbonyl (C=O) groups excluding carboxylic acids is 2. The number of methoxy groups -OCH3 is 1. The number of hydrogen-bond donors (Lipinski definition) is 3. The standard InChI is InChI=1S/C26H33N3O6/c1-29(2)14-25(32)28-17-8-9-22-19(10-17)20-11-18(34-23(15-30)26(20)35-22)12-24(31)27-13-16-6-4-5-7-21(16)33-3/h4-10,18,20,23,26,30H,11-15H2,1-3H3,(H,27,31)(H,28,32)/t18-,20-,23-,26+/m0/s1. The van der Waals surface area contributed by atoms with E-state index in [1.165, 1.54) is 0 Å². The van der Waals surface area contributed by atoms with Crippen molar-refractivity contribution in [1.29, 1.82) is 0 Å². The van der Waals surface area contributed by atoms with Crippen LogP contribution in [-0.4, -0.2) is 74.5 Å². The Labute approximate surface area is 205 Å². The number of aliphatic hydroxyl groups excluding tert-OH is 1. The molecule has 1 saturated heterocycles. The topological polar surface area (TPSA) is 109 Å². The maximum atomic E-state index is 12.7. The van der Waals surface area contributed by atoms with E-state index in [9.17, 15) is 14.7 Å². The van der Waals surface area contributed by atoms with Crippen LogP contribution in [0.15, 0.2) is 42.5 Å². The number of fused-ring (bicyclic) bond motifs is 3. The van der Waals surface area contributed by atoms with E-state index < -0.39 is 6.10 Å². The van der Waals surface area contributed by atoms with Gasteiger partial charge in [0.25, 0.3) is 0 Å². The fourth-order valence-electron chi connectivity index (χ4n) is 4.78. The molecule has 3 N–H and O–H groups in total. The molecule has 9 nitrogen and oxygen atoms in total. The van der Waals surface area contributed by atoms with Crippen molar-refractivity contribution >= 4 is 17.5 Å². The largest absolute Gasteiger partial charge is 0.496 e. The summed E-state index contributed by atoms with van der Waals surface area (Å²) in [5, 5.41) is 15.8. The summed E-state index contributed by atoms with van der Waals surface area (Å²) >= 11 is 0. The molecular formula is C26H33N3O6. The third kappa shape index (κ3) is 5.93. The van der Waals surface area contributed by atoms with Crippen LogP contribution >= 0.6 is 0 Å². The molecule has 0 saturated carbocycles. The highest BCUT2D eigenvalue weighted by Gasteiger charge is 2.46. The normalized spacial score (nSPS) is 22.7. The van der Waals surface area contributed by atoms with E-state index in [0.29, 0.717) is 24.4 Å². The average molecular weight is 484 g/mol. The van der Waals surface area contributed by atoms with Gasteiger partial charge in [0.05, 0.1) is 32.8 Å². The summed E-state index contributed by atoms with van der Waals surface area (Å²) in [5.41, 5.74) is 2.54. The lowest BCUT2D eigenvalue weighted by molar-refractivity contribution is -0.142. The van der Waals surface area contributed by atoms with Gasteiger partial charge in [-0.2, -0.15) is 0 Å². The lowest BCUT2D eigenvalue weighted by atomic mass is 9.84. The highest BCUT2D eigenvalue weighted by Crippen LogP contribution is 2.47. The van der Waals surface area contributed by atoms with Gasteiger partial charge in [0, 0.05) is 29.3 Å². The molecule has 4 atom stereocenters. The summed E-state index contributed by atoms with van der Waals surface area (Å²) in [6.45, 7) is 0.431. The minimum Gasteiger partial charge on any atom is -0.496 e. The van der Waals surface area contributed by atoms with Gasteiger partial charge in [-0.3, -0.25) is 9.59 Å². The van der Waals surface area contributed by atoms with Gasteiger partial charge < -0.3 is 34.9 Å². The van der Waals surface area contributed by atoms with Crippen molar-refractivity contribution in [1.82, 2.24) is 10.2 Å². The predicted octanol–water partition coefficient (Wildman–Crippen LogP) is 1.90. The molecule has 35 heavy (non-hydrogen) atoms. The van der Waals surface area contributed by atoms with E-state index in [-0.39, 0.29) is 49.5 Å². The zero-order chi connectivity index (χ0) is 24.9. The third-order valence-corrected chi connectivity index (χ3v) is 6.32. The van der Waals surface area contributed by atoms with Crippen LogP contribution in [0.5, 0.6) is 11.5 Å². The molecular weight excluding hydrogens is 450 g/mol. The average Bonchev–Trinajstić information content (AvgIpc) is 3.19. The van der Waals surface area contributed by atoms with Gasteiger partial charge in [-0.1, -0.05) is 18.2 Å². The summed E-state index contributed by atoms with van der Waals surface area (Å²) < 4.78 is 17.5. The molecule has 2 aliphatic rings. The van der Waals surface area contributed by atoms with Gasteiger partial charge in [0.15, 0.2) is 0 Å². The van der Waals surface area contributed by atoms with Crippen molar-refractivity contribution in [2.24, 2.45) is 0 Å². The van der Waals surface area contributed by atoms with Crippen LogP contribution in [0, 0.1) is 0 Å². The quantitative estimate of drug-likeness (QED) is 0.500. The fraction of sp³-hybridized carbons (Fsp3) is 0.462. The van der Waals surface area contributed by atoms with Gasteiger partial charge in [-0.15, -0.1) is 0 Å². The zero-order valence-electron chi connectivity index (χ0n) is 20.3. The van der Waals surface area contributed by atoms with Crippen LogP contribution in [-0.2, 0) is 20.9 Å². The van der Waals surface area contributed by atoms with Crippen LogP contribution in [0.1, 0.15) is 29.9 Å². The number of likely N-dealkylation sites (N-methyl/N-ethyl adjacent to an activating group) is 1. The third-order valence-electron chi connectivity index (χ3n) is 6.32. The predicted molar refractivity (Wildman–Crippen MR) is 131 cm³/mol. The Morgan fingerprint density at radius 2 is 1.97 bits per heavy atom. The fourth-order valence-corrected chi connectivity index (χ4v) is 4.78. The van der Waals surface area contributed by atoms with Crippen LogP contribution in [0.4, 0.5) is 5.69 Å². The first-order chi connectivity index (χ1) is 16.9. The number of amides is 2. The van der Waals surface area contributed by atoms with Crippen molar-refractivity contribution < 1.29 is 28.9 Å². The van der Waals surface area contributed by atoms with Crippen molar-refractivity contribution in [2.75, 3.05) is 39.7 Å². The van der Waals surface area contributed by atoms with Crippen LogP contribution < -0.4 is 20.1 Å². The number of para-hydroxylation sites is 1. The van der Waals surface area contributed by atoms with E-state index in [2.05, 4.69) is 10.6 Å². The molecule has 2 heterocycles. The molecule has 9 heteroatoms. The molecule has 2 aliphatic heterocycles. The van der Waals surface area contributed by atoms with E-state index in [4.69, 9.17) is 14.2 Å². The van der Waals surface area contributed by atoms with E-state index >= 15 is 0 Å². The number of carbonyl (C=O) groups is 2. The van der Waals surface area contributed by atoms with Gasteiger partial charge in [-0.05, 0) is 44.8 Å². The summed E-state index contributed by atoms with van der Waals surface area (Å²) in [4.78, 5) is 26.7. The second-order valence-electron chi connectivity index (χ2n) is 9.24. The monoisotopic (exact) mass is 483 g/mol. The van der Waals surface area contributed by atoms with Crippen molar-refractivity contribution in [3.63, 3.8) is 0 Å². The Morgan fingerprint density at radius 1 is 1.17 bits per heavy atom. The number of nitrogens with zero attached hydrogens (tertiary/aromatic N) is 1. The van der Waals surface area contributed by atoms with E-state index in [0.717, 1.165) is 16.9 Å². The lowest BCUT2D eigenvalue weighted by Crippen LogP contribution is -2.47. The lowest BCUT2D eigenvalue weighted by Gasteiger charge is -2.37. The molecule has 0 aromatic heterocycles. The molecule has 188 valence electrons. The number of rotatable bonds is 9. The maximum Gasteiger partial charge on any atom is 0.238 e. The molecule has 0 unspecified atom stereocenters. The Balaban J connectivity index is 1.41. The SMILES string of the molecule is COc1ccccc1CNC(=O)C[C@@H]1C[C@H]2c3cc(NC(=O)CN(C)C)ccc3O[C@H]2[C@H](CO)O1. The summed E-state index contributed by atoms with van der Waals surface area (Å²) in [6, 6.07) is 13.1. The first kappa shape index (κ1) is 25.0. The number of nitrogens with one attached hydrogen (secondary N) is 2. The first-order valence-corrected chi connectivity index (χ1v) is 11.8. The number of anilines is 1. The molecule has 2 aromatic carbocycles. The second-order valence-corrected chi connectivity index (χ2v) is 9.24. The number of aliphatic hydroxyl groups is 1. The summed E-state index contributed by atoms with van der Waals surface area (Å²) in [5.74, 6) is 1.15. The molecule has 4 rings (SSSR count). The minimum atomic E-state index is -0.542. The van der Waals surface area contributed by atoms with E-state index in [1.54, 1.807) is 18.1 Å². The smallest absolute Gasteiger partial charge is 0.238 e. The summed E-state index contributed by atoms with van der Waals surface area (Å²) in [7, 11) is 5.28. The van der Waals surface area contributed by atoms with Gasteiger partial charge in [0.2, 0.25) is 11.8 Å². The van der Waals surface area contributed by atoms with Crippen LogP contribution in [0.25, 0.3) is 0 Å². The maximum absolute atomic E-state index is 12.7. The molecule has 0 radical (unpaired) electrons. The first-order valence-electron chi connectivity index (χ1n) is 11.8. The Hall–Kier alpha value is -3.14. The number of ether oxygens (including phenoxy) is 3. The Kier molecular flexibility index (Phi) is 7.90. The summed E-state index contributed by atoms with van der Waals surface area (Å²) in [6.07, 6.45) is -0.502. The zero-order valence-corrected chi connectivity index (χ0v) is 20.3. The van der Waals surface area contributed by atoms with Gasteiger partial charge in [0.1, 0.15) is 23.7 Å². The molecule has 2 aromatic rings. The van der Waals surface area contributed by atoms with Gasteiger partial charge in [-0.25, -0.2) is 0 Å². The van der Waals surface area contributed by atoms with Gasteiger partial charge >= 0.3 is 0 Å². The second kappa shape index (κ2) is 11.1. The minimum absolute atomic E-state index is 0.0476. The Bertz CT molecular complexity index is 1060. The van der Waals surface area contributed by atoms with Crippen molar-refractivity contribution in [3.8, 4) is 11.5 Å². The van der Waals surface area contributed by atoms with Crippen LogP contribution in [0.2, 0.25) is 0 Å². The van der Waals surface area contributed by atoms with Crippen molar-refractivity contribution in [2.45, 2.75) is 43.6 Å². The molecule has 2 amide bonds. The highest BCUT2D eigenvalue weighted by molar-refractivity contribution is 5.92. The highest BCUT2D eigenvalue weighted by atomic mass is 16.6. The van der Waals surface area contributed by atoms with E-state index in [1.807, 2.05) is 50.5 Å². The number of benzene rings is 2. The van der Waals surface area contributed by atoms with Crippen molar-refractivity contribution in [3.05, 3.63) is 53.6 Å². The molecule has 0 bridgehead atoms. The molecule has 1 fully saturated rings. The van der Waals surface area contributed by atoms with Crippen LogP contribution in [0.3, 0.4) is 0 Å². The molecule has 0 spiro atoms. The number of hydrogen-bond acceptors (Lipinski definition) is 7.